The maximum Gasteiger partial charge on any atom is 0.345 e. The monoisotopic (exact) mass is 346 g/mol. The van der Waals surface area contributed by atoms with Crippen molar-refractivity contribution in [2.45, 2.75) is 19.4 Å². The van der Waals surface area contributed by atoms with Crippen molar-refractivity contribution >= 4 is 28.9 Å². The molecule has 118 valence electrons. The number of hydrogen-bond donors (Lipinski definition) is 1. The van der Waals surface area contributed by atoms with Gasteiger partial charge in [0.15, 0.2) is 0 Å². The normalized spacial score (nSPS) is 10.8. The van der Waals surface area contributed by atoms with E-state index in [0.717, 1.165) is 35.0 Å². The molecule has 0 radical (unpaired) electrons. The fourth-order valence-electron chi connectivity index (χ4n) is 2.30. The topological polar surface area (TPSA) is 55.1 Å². The Morgan fingerprint density at radius 3 is 2.65 bits per heavy atom. The van der Waals surface area contributed by atoms with Gasteiger partial charge in [0.25, 0.3) is 0 Å². The summed E-state index contributed by atoms with van der Waals surface area (Å²) in [6, 6.07) is 13.2. The van der Waals surface area contributed by atoms with Crippen LogP contribution in [0, 0.1) is 0 Å². The number of aryl methyl sites for hydroxylation is 2. The second-order valence-electron chi connectivity index (χ2n) is 5.16. The van der Waals surface area contributed by atoms with Crippen molar-refractivity contribution in [3.8, 4) is 10.6 Å². The number of halogens is 1. The lowest BCUT2D eigenvalue weighted by molar-refractivity contribution is 0.0702. The highest BCUT2D eigenvalue weighted by molar-refractivity contribution is 7.17. The molecule has 0 atom stereocenters. The second kappa shape index (κ2) is 6.98. The van der Waals surface area contributed by atoms with Gasteiger partial charge in [-0.25, -0.2) is 4.79 Å². The first kappa shape index (κ1) is 15.8. The van der Waals surface area contributed by atoms with Gasteiger partial charge < -0.3 is 5.11 Å². The van der Waals surface area contributed by atoms with Crippen molar-refractivity contribution in [3.63, 3.8) is 0 Å². The number of aromatic carboxylic acids is 1. The van der Waals surface area contributed by atoms with E-state index in [4.69, 9.17) is 16.7 Å². The molecule has 0 fully saturated rings. The summed E-state index contributed by atoms with van der Waals surface area (Å²) in [5, 5.41) is 14.2. The van der Waals surface area contributed by atoms with E-state index in [-0.39, 0.29) is 0 Å². The second-order valence-corrected chi connectivity index (χ2v) is 6.68. The van der Waals surface area contributed by atoms with E-state index in [1.807, 2.05) is 41.2 Å². The summed E-state index contributed by atoms with van der Waals surface area (Å²) in [5.74, 6) is -0.899. The third-order valence-corrected chi connectivity index (χ3v) is 4.82. The lowest BCUT2D eigenvalue weighted by Crippen LogP contribution is -2.00. The van der Waals surface area contributed by atoms with Crippen LogP contribution in [-0.4, -0.2) is 20.9 Å². The van der Waals surface area contributed by atoms with E-state index < -0.39 is 5.97 Å². The Morgan fingerprint density at radius 1 is 1.17 bits per heavy atom. The predicted octanol–water partition coefficient (Wildman–Crippen LogP) is 4.60. The maximum absolute atomic E-state index is 10.9. The standard InChI is InChI=1S/C17H15ClN2O2S/c18-13-5-3-12(4-6-13)2-1-10-20-11-9-14(19-20)15-7-8-16(23-15)17(21)22/h3-9,11H,1-2,10H2,(H,21,22). The molecule has 2 heterocycles. The fourth-order valence-corrected chi connectivity index (χ4v) is 3.24. The number of carbonyl (C=O) groups is 1. The minimum absolute atomic E-state index is 0.331. The zero-order valence-corrected chi connectivity index (χ0v) is 13.8. The van der Waals surface area contributed by atoms with E-state index >= 15 is 0 Å². The summed E-state index contributed by atoms with van der Waals surface area (Å²) >= 11 is 7.12. The number of rotatable bonds is 6. The van der Waals surface area contributed by atoms with E-state index in [9.17, 15) is 4.79 Å². The van der Waals surface area contributed by atoms with Gasteiger partial charge in [0.1, 0.15) is 10.6 Å². The zero-order valence-electron chi connectivity index (χ0n) is 12.3. The molecule has 1 N–H and O–H groups in total. The molecule has 4 nitrogen and oxygen atoms in total. The van der Waals surface area contributed by atoms with Crippen LogP contribution in [-0.2, 0) is 13.0 Å². The smallest absolute Gasteiger partial charge is 0.345 e. The van der Waals surface area contributed by atoms with Crippen molar-refractivity contribution in [2.24, 2.45) is 0 Å². The molecular formula is C17H15ClN2O2S. The van der Waals surface area contributed by atoms with Crippen molar-refractivity contribution in [2.75, 3.05) is 0 Å². The SMILES string of the molecule is O=C(O)c1ccc(-c2ccn(CCCc3ccc(Cl)cc3)n2)s1. The third kappa shape index (κ3) is 4.00. The number of thiophene rings is 1. The molecule has 3 aromatic rings. The molecule has 6 heteroatoms. The van der Waals surface area contributed by atoms with Crippen LogP contribution >= 0.6 is 22.9 Å². The van der Waals surface area contributed by atoms with Gasteiger partial charge in [-0.1, -0.05) is 23.7 Å². The Bertz CT molecular complexity index is 808. The van der Waals surface area contributed by atoms with Crippen LogP contribution in [0.5, 0.6) is 0 Å². The molecule has 2 aromatic heterocycles. The first-order valence-corrected chi connectivity index (χ1v) is 8.43. The Hall–Kier alpha value is -2.11. The summed E-state index contributed by atoms with van der Waals surface area (Å²) in [4.78, 5) is 12.1. The third-order valence-electron chi connectivity index (χ3n) is 3.48. The summed E-state index contributed by atoms with van der Waals surface area (Å²) in [6.07, 6.45) is 3.87. The molecule has 23 heavy (non-hydrogen) atoms. The molecule has 0 aliphatic carbocycles. The molecule has 0 saturated heterocycles. The molecule has 3 rings (SSSR count). The van der Waals surface area contributed by atoms with Gasteiger partial charge in [-0.05, 0) is 48.7 Å². The molecule has 0 aliphatic rings. The minimum atomic E-state index is -0.899. The molecule has 0 aliphatic heterocycles. The Labute approximate surface area is 143 Å². The Kier molecular flexibility index (Phi) is 4.79. The molecule has 0 saturated carbocycles. The van der Waals surface area contributed by atoms with Crippen molar-refractivity contribution in [3.05, 3.63) is 64.1 Å². The van der Waals surface area contributed by atoms with Crippen LogP contribution in [0.3, 0.4) is 0 Å². The van der Waals surface area contributed by atoms with Gasteiger partial charge in [-0.3, -0.25) is 4.68 Å². The van der Waals surface area contributed by atoms with Crippen LogP contribution in [0.4, 0.5) is 0 Å². The largest absolute Gasteiger partial charge is 0.477 e. The van der Waals surface area contributed by atoms with Crippen molar-refractivity contribution in [1.82, 2.24) is 9.78 Å². The molecule has 0 unspecified atom stereocenters. The van der Waals surface area contributed by atoms with E-state index in [2.05, 4.69) is 5.10 Å². The van der Waals surface area contributed by atoms with E-state index in [1.165, 1.54) is 16.9 Å². The highest BCUT2D eigenvalue weighted by atomic mass is 35.5. The molecule has 0 bridgehead atoms. The highest BCUT2D eigenvalue weighted by Crippen LogP contribution is 2.26. The number of nitrogens with zero attached hydrogens (tertiary/aromatic N) is 2. The first-order chi connectivity index (χ1) is 11.1. The van der Waals surface area contributed by atoms with Gasteiger partial charge in [0.2, 0.25) is 0 Å². The Morgan fingerprint density at radius 2 is 1.96 bits per heavy atom. The summed E-state index contributed by atoms with van der Waals surface area (Å²) < 4.78 is 1.89. The van der Waals surface area contributed by atoms with Crippen LogP contribution in [0.15, 0.2) is 48.7 Å². The lowest BCUT2D eigenvalue weighted by atomic mass is 10.1. The van der Waals surface area contributed by atoms with Crippen molar-refractivity contribution in [1.29, 1.82) is 0 Å². The number of carboxylic acid groups (broad SMARTS) is 1. The van der Waals surface area contributed by atoms with Crippen LogP contribution in [0.25, 0.3) is 10.6 Å². The van der Waals surface area contributed by atoms with Gasteiger partial charge in [0, 0.05) is 17.8 Å². The van der Waals surface area contributed by atoms with Gasteiger partial charge in [-0.2, -0.15) is 5.10 Å². The number of hydrogen-bond acceptors (Lipinski definition) is 3. The number of benzene rings is 1. The minimum Gasteiger partial charge on any atom is -0.477 e. The van der Waals surface area contributed by atoms with Gasteiger partial charge >= 0.3 is 5.97 Å². The summed E-state index contributed by atoms with van der Waals surface area (Å²) in [7, 11) is 0. The molecule has 0 spiro atoms. The Balaban J connectivity index is 1.58. The van der Waals surface area contributed by atoms with Crippen LogP contribution in [0.1, 0.15) is 21.7 Å². The number of carboxylic acids is 1. The average Bonchev–Trinajstić information content (AvgIpc) is 3.18. The highest BCUT2D eigenvalue weighted by Gasteiger charge is 2.10. The van der Waals surface area contributed by atoms with Crippen molar-refractivity contribution < 1.29 is 9.90 Å². The first-order valence-electron chi connectivity index (χ1n) is 7.23. The number of aromatic nitrogens is 2. The predicted molar refractivity (Wildman–Crippen MR) is 92.3 cm³/mol. The summed E-state index contributed by atoms with van der Waals surface area (Å²) in [5.41, 5.74) is 2.07. The molecule has 0 amide bonds. The summed E-state index contributed by atoms with van der Waals surface area (Å²) in [6.45, 7) is 0.819. The van der Waals surface area contributed by atoms with Crippen LogP contribution < -0.4 is 0 Å². The fraction of sp³-hybridized carbons (Fsp3) is 0.176. The zero-order chi connectivity index (χ0) is 16.2. The average molecular weight is 347 g/mol. The maximum atomic E-state index is 10.9. The van der Waals surface area contributed by atoms with E-state index in [1.54, 1.807) is 12.1 Å². The van der Waals surface area contributed by atoms with E-state index in [0.29, 0.717) is 4.88 Å². The van der Waals surface area contributed by atoms with Crippen LogP contribution in [0.2, 0.25) is 5.02 Å². The quantitative estimate of drug-likeness (QED) is 0.709. The molecular weight excluding hydrogens is 332 g/mol. The van der Waals surface area contributed by atoms with Gasteiger partial charge in [-0.15, -0.1) is 11.3 Å². The lowest BCUT2D eigenvalue weighted by Gasteiger charge is -2.02. The molecule has 1 aromatic carbocycles. The van der Waals surface area contributed by atoms with Gasteiger partial charge in [0.05, 0.1) is 4.88 Å².